The lowest BCUT2D eigenvalue weighted by atomic mass is 10.0. The molecule has 0 nitrogen and oxygen atoms in total. The van der Waals surface area contributed by atoms with Crippen LogP contribution in [0.4, 0.5) is 0 Å². The maximum atomic E-state index is 5.92. The normalized spacial score (nSPS) is 24.1. The predicted octanol–water partition coefficient (Wildman–Crippen LogP) is 4.04. The molecule has 0 radical (unpaired) electrons. The van der Waals surface area contributed by atoms with E-state index in [1.807, 2.05) is 6.92 Å². The highest BCUT2D eigenvalue weighted by molar-refractivity contribution is 6.31. The molecule has 1 aliphatic carbocycles. The quantitative estimate of drug-likeness (QED) is 0.605. The number of allylic oxidation sites excluding steroid dienone is 5. The van der Waals surface area contributed by atoms with Crippen molar-refractivity contribution >= 4 is 11.6 Å². The summed E-state index contributed by atoms with van der Waals surface area (Å²) in [4.78, 5) is 0. The van der Waals surface area contributed by atoms with Gasteiger partial charge in [-0.05, 0) is 36.8 Å². The smallest absolute Gasteiger partial charge is 0.0371 e. The summed E-state index contributed by atoms with van der Waals surface area (Å²) in [5.41, 5.74) is 2.62. The van der Waals surface area contributed by atoms with Crippen LogP contribution in [0.5, 0.6) is 0 Å². The highest BCUT2D eigenvalue weighted by Crippen LogP contribution is 2.37. The van der Waals surface area contributed by atoms with Gasteiger partial charge >= 0.3 is 0 Å². The van der Waals surface area contributed by atoms with Crippen molar-refractivity contribution in [3.05, 3.63) is 34.9 Å². The lowest BCUT2D eigenvalue weighted by Gasteiger charge is -2.06. The molecule has 1 atom stereocenters. The Morgan fingerprint density at radius 1 is 1.67 bits per heavy atom. The summed E-state index contributed by atoms with van der Waals surface area (Å²) >= 11 is 5.92. The third kappa shape index (κ3) is 1.81. The fourth-order valence-electron chi connectivity index (χ4n) is 1.78. The molecule has 0 aliphatic heterocycles. The predicted molar refractivity (Wildman–Crippen MR) is 55.2 cm³/mol. The van der Waals surface area contributed by atoms with Crippen LogP contribution in [0.15, 0.2) is 34.9 Å². The molecule has 0 aromatic heterocycles. The first kappa shape index (κ1) is 9.60. The van der Waals surface area contributed by atoms with E-state index in [2.05, 4.69) is 25.7 Å². The molecule has 1 heteroatoms. The van der Waals surface area contributed by atoms with Crippen molar-refractivity contribution < 1.29 is 0 Å². The number of halogens is 1. The molecule has 0 saturated heterocycles. The van der Waals surface area contributed by atoms with Gasteiger partial charge in [0.2, 0.25) is 0 Å². The Hall–Kier alpha value is -0.490. The second-order valence-electron chi connectivity index (χ2n) is 3.28. The van der Waals surface area contributed by atoms with Crippen LogP contribution in [0.25, 0.3) is 0 Å². The van der Waals surface area contributed by atoms with Crippen LogP contribution >= 0.6 is 11.6 Å². The van der Waals surface area contributed by atoms with Gasteiger partial charge in [-0.3, -0.25) is 0 Å². The molecule has 1 aliphatic rings. The second kappa shape index (κ2) is 3.95. The fraction of sp³-hybridized carbons (Fsp3) is 0.455. The molecule has 0 spiro atoms. The van der Waals surface area contributed by atoms with Crippen molar-refractivity contribution in [3.8, 4) is 0 Å². The fourth-order valence-corrected chi connectivity index (χ4v) is 2.09. The number of rotatable bonds is 2. The van der Waals surface area contributed by atoms with Gasteiger partial charge in [-0.15, -0.1) is 0 Å². The summed E-state index contributed by atoms with van der Waals surface area (Å²) in [7, 11) is 0. The van der Waals surface area contributed by atoms with Gasteiger partial charge in [0.15, 0.2) is 0 Å². The maximum Gasteiger partial charge on any atom is 0.0371 e. The van der Waals surface area contributed by atoms with Gasteiger partial charge in [-0.2, -0.15) is 0 Å². The van der Waals surface area contributed by atoms with Gasteiger partial charge in [-0.1, -0.05) is 37.3 Å². The average Bonchev–Trinajstić information content (AvgIpc) is 2.32. The van der Waals surface area contributed by atoms with E-state index >= 15 is 0 Å². The first-order chi connectivity index (χ1) is 5.66. The lowest BCUT2D eigenvalue weighted by Crippen LogP contribution is -1.92. The summed E-state index contributed by atoms with van der Waals surface area (Å²) < 4.78 is 0. The average molecular weight is 183 g/mol. The van der Waals surface area contributed by atoms with Crippen molar-refractivity contribution in [2.24, 2.45) is 5.92 Å². The van der Waals surface area contributed by atoms with Crippen molar-refractivity contribution in [1.29, 1.82) is 0 Å². The molecule has 0 aromatic carbocycles. The van der Waals surface area contributed by atoms with Crippen LogP contribution in [0.3, 0.4) is 0 Å². The topological polar surface area (TPSA) is 0 Å². The Bertz CT molecular complexity index is 246. The van der Waals surface area contributed by atoms with Crippen molar-refractivity contribution in [2.75, 3.05) is 0 Å². The molecule has 0 aromatic rings. The molecule has 1 unspecified atom stereocenters. The molecule has 12 heavy (non-hydrogen) atoms. The summed E-state index contributed by atoms with van der Waals surface area (Å²) in [5, 5.41) is 0.716. The molecule has 1 rings (SSSR count). The number of hydrogen-bond acceptors (Lipinski definition) is 0. The van der Waals surface area contributed by atoms with Gasteiger partial charge in [0.25, 0.3) is 0 Å². The summed E-state index contributed by atoms with van der Waals surface area (Å²) in [6, 6.07) is 0. The van der Waals surface area contributed by atoms with Crippen LogP contribution < -0.4 is 0 Å². The highest BCUT2D eigenvalue weighted by Gasteiger charge is 2.21. The second-order valence-corrected chi connectivity index (χ2v) is 3.74. The van der Waals surface area contributed by atoms with Crippen LogP contribution in [-0.2, 0) is 0 Å². The van der Waals surface area contributed by atoms with E-state index in [0.717, 1.165) is 6.42 Å². The SMILES string of the molecule is C=C(Cl)C1=C(/C=C\C)CCC1C. The van der Waals surface area contributed by atoms with E-state index < -0.39 is 0 Å². The van der Waals surface area contributed by atoms with Crippen LogP contribution in [0, 0.1) is 5.92 Å². The first-order valence-electron chi connectivity index (χ1n) is 4.37. The molecule has 0 amide bonds. The Labute approximate surface area is 79.6 Å². The monoisotopic (exact) mass is 182 g/mol. The minimum absolute atomic E-state index is 0.584. The summed E-state index contributed by atoms with van der Waals surface area (Å²) in [6.45, 7) is 8.03. The molecule has 0 heterocycles. The Balaban J connectivity index is 2.97. The van der Waals surface area contributed by atoms with Gasteiger partial charge < -0.3 is 0 Å². The standard InChI is InChI=1S/C11H15Cl/c1-4-5-10-7-6-8(2)11(10)9(3)12/h4-5,8H,3,6-7H2,1-2H3/b5-4-. The highest BCUT2D eigenvalue weighted by atomic mass is 35.5. The Morgan fingerprint density at radius 3 is 2.83 bits per heavy atom. The maximum absolute atomic E-state index is 5.92. The van der Waals surface area contributed by atoms with Gasteiger partial charge in [-0.25, -0.2) is 0 Å². The molecule has 0 bridgehead atoms. The van der Waals surface area contributed by atoms with E-state index in [1.165, 1.54) is 17.6 Å². The third-order valence-corrected chi connectivity index (χ3v) is 2.55. The first-order valence-corrected chi connectivity index (χ1v) is 4.75. The largest absolute Gasteiger partial charge is 0.0874 e. The molecule has 0 saturated carbocycles. The van der Waals surface area contributed by atoms with Gasteiger partial charge in [0.1, 0.15) is 0 Å². The molecule has 0 fully saturated rings. The summed E-state index contributed by atoms with van der Waals surface area (Å²) in [6.07, 6.45) is 6.56. The molecular weight excluding hydrogens is 168 g/mol. The molecule has 66 valence electrons. The zero-order valence-corrected chi connectivity index (χ0v) is 8.49. The summed E-state index contributed by atoms with van der Waals surface area (Å²) in [5.74, 6) is 0.584. The Kier molecular flexibility index (Phi) is 3.16. The minimum Gasteiger partial charge on any atom is -0.0874 e. The van der Waals surface area contributed by atoms with Crippen molar-refractivity contribution in [1.82, 2.24) is 0 Å². The Morgan fingerprint density at radius 2 is 2.33 bits per heavy atom. The van der Waals surface area contributed by atoms with Crippen molar-refractivity contribution in [2.45, 2.75) is 26.7 Å². The molecule has 0 N–H and O–H groups in total. The van der Waals surface area contributed by atoms with E-state index in [1.54, 1.807) is 0 Å². The van der Waals surface area contributed by atoms with Gasteiger partial charge in [0.05, 0.1) is 0 Å². The van der Waals surface area contributed by atoms with E-state index in [4.69, 9.17) is 11.6 Å². The van der Waals surface area contributed by atoms with Crippen molar-refractivity contribution in [3.63, 3.8) is 0 Å². The van der Waals surface area contributed by atoms with Crippen LogP contribution in [0.2, 0.25) is 0 Å². The minimum atomic E-state index is 0.584. The van der Waals surface area contributed by atoms with E-state index in [9.17, 15) is 0 Å². The van der Waals surface area contributed by atoms with Crippen LogP contribution in [0.1, 0.15) is 26.7 Å². The van der Waals surface area contributed by atoms with E-state index in [-0.39, 0.29) is 0 Å². The third-order valence-electron chi connectivity index (χ3n) is 2.35. The van der Waals surface area contributed by atoms with E-state index in [0.29, 0.717) is 11.0 Å². The molecular formula is C11H15Cl. The van der Waals surface area contributed by atoms with Crippen LogP contribution in [-0.4, -0.2) is 0 Å². The lowest BCUT2D eigenvalue weighted by molar-refractivity contribution is 0.679. The number of hydrogen-bond donors (Lipinski definition) is 0. The van der Waals surface area contributed by atoms with Gasteiger partial charge in [0, 0.05) is 5.03 Å². The zero-order chi connectivity index (χ0) is 9.14. The zero-order valence-electron chi connectivity index (χ0n) is 7.73.